The number of hydrogen-bond acceptors (Lipinski definition) is 5. The first-order chi connectivity index (χ1) is 13.0. The lowest BCUT2D eigenvalue weighted by molar-refractivity contribution is -0.114. The number of carbonyl (C=O) groups is 3. The van der Waals surface area contributed by atoms with Gasteiger partial charge in [-0.25, -0.2) is 4.79 Å². The van der Waals surface area contributed by atoms with Gasteiger partial charge in [-0.1, -0.05) is 23.7 Å². The molecule has 0 radical (unpaired) electrons. The number of amides is 2. The lowest BCUT2D eigenvalue weighted by Gasteiger charge is -2.08. The molecule has 8 heteroatoms. The molecule has 0 aliphatic rings. The molecule has 0 atom stereocenters. The Hall–Kier alpha value is -2.51. The number of carbonyl (C=O) groups excluding carboxylic acids is 3. The Bertz CT molecular complexity index is 812. The van der Waals surface area contributed by atoms with Crippen LogP contribution in [0.5, 0.6) is 0 Å². The van der Waals surface area contributed by atoms with E-state index in [1.165, 1.54) is 11.8 Å². The number of nitrogens with one attached hydrogen (secondary N) is 2. The Morgan fingerprint density at radius 1 is 0.963 bits per heavy atom. The summed E-state index contributed by atoms with van der Waals surface area (Å²) < 4.78 is 4.90. The van der Waals surface area contributed by atoms with E-state index < -0.39 is 5.97 Å². The molecule has 27 heavy (non-hydrogen) atoms. The van der Waals surface area contributed by atoms with Gasteiger partial charge in [-0.3, -0.25) is 9.59 Å². The normalized spacial score (nSPS) is 10.1. The highest BCUT2D eigenvalue weighted by molar-refractivity contribution is 8.00. The molecule has 0 saturated carbocycles. The smallest absolute Gasteiger partial charge is 0.338 e. The van der Waals surface area contributed by atoms with Crippen molar-refractivity contribution < 1.29 is 19.1 Å². The van der Waals surface area contributed by atoms with Gasteiger partial charge in [-0.2, -0.15) is 0 Å². The highest BCUT2D eigenvalue weighted by Gasteiger charge is 2.09. The van der Waals surface area contributed by atoms with Gasteiger partial charge >= 0.3 is 5.97 Å². The number of rotatable bonds is 8. The van der Waals surface area contributed by atoms with Crippen LogP contribution < -0.4 is 10.6 Å². The van der Waals surface area contributed by atoms with Crippen LogP contribution in [0.1, 0.15) is 17.3 Å². The maximum atomic E-state index is 12.0. The van der Waals surface area contributed by atoms with Gasteiger partial charge in [0.1, 0.15) is 0 Å². The van der Waals surface area contributed by atoms with Gasteiger partial charge in [-0.15, -0.1) is 11.8 Å². The van der Waals surface area contributed by atoms with E-state index >= 15 is 0 Å². The van der Waals surface area contributed by atoms with E-state index in [0.29, 0.717) is 28.6 Å². The van der Waals surface area contributed by atoms with E-state index in [4.69, 9.17) is 16.3 Å². The standard InChI is InChI=1S/C19H19ClN2O4S/c1-2-26-19(25)13-7-9-14(10-8-13)21-17(23)11-27-12-18(24)22-16-6-4-3-5-15(16)20/h3-10H,2,11-12H2,1H3,(H,21,23)(H,22,24). The van der Waals surface area contributed by atoms with Gasteiger partial charge in [0.25, 0.3) is 0 Å². The van der Waals surface area contributed by atoms with E-state index in [2.05, 4.69) is 10.6 Å². The molecule has 2 rings (SSSR count). The lowest BCUT2D eigenvalue weighted by Crippen LogP contribution is -2.18. The number of para-hydroxylation sites is 1. The van der Waals surface area contributed by atoms with Crippen molar-refractivity contribution in [2.45, 2.75) is 6.92 Å². The molecule has 0 fully saturated rings. The van der Waals surface area contributed by atoms with E-state index in [0.717, 1.165) is 0 Å². The summed E-state index contributed by atoms with van der Waals surface area (Å²) in [6, 6.07) is 13.3. The van der Waals surface area contributed by atoms with Crippen LogP contribution >= 0.6 is 23.4 Å². The van der Waals surface area contributed by atoms with E-state index in [1.807, 2.05) is 0 Å². The Kier molecular flexibility index (Phi) is 8.16. The molecule has 2 amide bonds. The average molecular weight is 407 g/mol. The van der Waals surface area contributed by atoms with Crippen LogP contribution in [0.2, 0.25) is 5.02 Å². The molecular formula is C19H19ClN2O4S. The first-order valence-corrected chi connectivity index (χ1v) is 9.72. The fourth-order valence-electron chi connectivity index (χ4n) is 2.09. The van der Waals surface area contributed by atoms with Crippen molar-refractivity contribution >= 4 is 52.5 Å². The summed E-state index contributed by atoms with van der Waals surface area (Å²) in [5.74, 6) is -0.639. The van der Waals surface area contributed by atoms with Gasteiger partial charge in [0.2, 0.25) is 11.8 Å². The van der Waals surface area contributed by atoms with Gasteiger partial charge in [0.05, 0.1) is 34.4 Å². The summed E-state index contributed by atoms with van der Waals surface area (Å²) in [6.45, 7) is 2.04. The SMILES string of the molecule is CCOC(=O)c1ccc(NC(=O)CSCC(=O)Nc2ccccc2Cl)cc1. The van der Waals surface area contributed by atoms with Crippen LogP contribution in [0.3, 0.4) is 0 Å². The molecule has 0 aliphatic carbocycles. The predicted octanol–water partition coefficient (Wildman–Crippen LogP) is 3.83. The average Bonchev–Trinajstić information content (AvgIpc) is 2.64. The first kappa shape index (κ1) is 20.8. The molecule has 2 aromatic carbocycles. The van der Waals surface area contributed by atoms with Crippen LogP contribution in [0.15, 0.2) is 48.5 Å². The van der Waals surface area contributed by atoms with Crippen LogP contribution in [0.4, 0.5) is 11.4 Å². The highest BCUT2D eigenvalue weighted by Crippen LogP contribution is 2.20. The molecular weight excluding hydrogens is 388 g/mol. The zero-order valence-corrected chi connectivity index (χ0v) is 16.2. The third-order valence-electron chi connectivity index (χ3n) is 3.29. The van der Waals surface area contributed by atoms with Crippen LogP contribution in [-0.2, 0) is 14.3 Å². The maximum Gasteiger partial charge on any atom is 0.338 e. The quantitative estimate of drug-likeness (QED) is 0.651. The molecule has 0 aromatic heterocycles. The molecule has 2 N–H and O–H groups in total. The Morgan fingerprint density at radius 3 is 2.22 bits per heavy atom. The van der Waals surface area contributed by atoms with Crippen LogP contribution in [0, 0.1) is 0 Å². The number of anilines is 2. The number of benzene rings is 2. The second kappa shape index (κ2) is 10.6. The monoisotopic (exact) mass is 406 g/mol. The van der Waals surface area contributed by atoms with Crippen LogP contribution in [0.25, 0.3) is 0 Å². The van der Waals surface area contributed by atoms with Gasteiger partial charge < -0.3 is 15.4 Å². The van der Waals surface area contributed by atoms with Crippen molar-refractivity contribution in [1.29, 1.82) is 0 Å². The molecule has 0 heterocycles. The summed E-state index contributed by atoms with van der Waals surface area (Å²) in [7, 11) is 0. The van der Waals surface area contributed by atoms with Crippen molar-refractivity contribution in [3.63, 3.8) is 0 Å². The van der Waals surface area contributed by atoms with Crippen molar-refractivity contribution in [3.8, 4) is 0 Å². The molecule has 0 spiro atoms. The largest absolute Gasteiger partial charge is 0.462 e. The molecule has 2 aromatic rings. The fraction of sp³-hybridized carbons (Fsp3) is 0.211. The van der Waals surface area contributed by atoms with Crippen molar-refractivity contribution in [2.24, 2.45) is 0 Å². The predicted molar refractivity (Wildman–Crippen MR) is 108 cm³/mol. The Balaban J connectivity index is 1.73. The molecule has 0 aliphatic heterocycles. The molecule has 6 nitrogen and oxygen atoms in total. The summed E-state index contributed by atoms with van der Waals surface area (Å²) in [4.78, 5) is 35.4. The third-order valence-corrected chi connectivity index (χ3v) is 4.56. The maximum absolute atomic E-state index is 12.0. The second-order valence-electron chi connectivity index (χ2n) is 5.37. The molecule has 0 saturated heterocycles. The first-order valence-electron chi connectivity index (χ1n) is 8.18. The Labute approximate surface area is 166 Å². The van der Waals surface area contributed by atoms with Crippen LogP contribution in [-0.4, -0.2) is 35.9 Å². The topological polar surface area (TPSA) is 84.5 Å². The summed E-state index contributed by atoms with van der Waals surface area (Å²) >= 11 is 7.16. The number of esters is 1. The number of halogens is 1. The summed E-state index contributed by atoms with van der Waals surface area (Å²) in [5.41, 5.74) is 1.52. The van der Waals surface area contributed by atoms with Gasteiger partial charge in [0.15, 0.2) is 0 Å². The summed E-state index contributed by atoms with van der Waals surface area (Å²) in [6.07, 6.45) is 0. The fourth-order valence-corrected chi connectivity index (χ4v) is 2.89. The second-order valence-corrected chi connectivity index (χ2v) is 6.76. The van der Waals surface area contributed by atoms with Crippen molar-refractivity contribution in [2.75, 3.05) is 28.7 Å². The van der Waals surface area contributed by atoms with Crippen molar-refractivity contribution in [1.82, 2.24) is 0 Å². The van der Waals surface area contributed by atoms with Crippen molar-refractivity contribution in [3.05, 3.63) is 59.1 Å². The minimum Gasteiger partial charge on any atom is -0.462 e. The summed E-state index contributed by atoms with van der Waals surface area (Å²) in [5, 5.41) is 5.86. The van der Waals surface area contributed by atoms with Gasteiger partial charge in [-0.05, 0) is 43.3 Å². The molecule has 0 bridgehead atoms. The van der Waals surface area contributed by atoms with E-state index in [9.17, 15) is 14.4 Å². The van der Waals surface area contributed by atoms with E-state index in [1.54, 1.807) is 55.5 Å². The highest BCUT2D eigenvalue weighted by atomic mass is 35.5. The van der Waals surface area contributed by atoms with E-state index in [-0.39, 0.29) is 23.3 Å². The number of ether oxygens (including phenoxy) is 1. The number of hydrogen-bond donors (Lipinski definition) is 2. The minimum absolute atomic E-state index is 0.121. The molecule has 0 unspecified atom stereocenters. The minimum atomic E-state index is -0.407. The molecule has 142 valence electrons. The third kappa shape index (κ3) is 6.96. The lowest BCUT2D eigenvalue weighted by atomic mass is 10.2. The van der Waals surface area contributed by atoms with Gasteiger partial charge in [0, 0.05) is 5.69 Å². The number of thioether (sulfide) groups is 1. The Morgan fingerprint density at radius 2 is 1.59 bits per heavy atom. The zero-order valence-electron chi connectivity index (χ0n) is 14.7. The zero-order chi connectivity index (χ0) is 19.6.